The zero-order valence-electron chi connectivity index (χ0n) is 17.7. The van der Waals surface area contributed by atoms with Gasteiger partial charge in [0.15, 0.2) is 11.6 Å². The van der Waals surface area contributed by atoms with Gasteiger partial charge in [-0.3, -0.25) is 0 Å². The summed E-state index contributed by atoms with van der Waals surface area (Å²) in [6.07, 6.45) is 14.2. The van der Waals surface area contributed by atoms with Crippen molar-refractivity contribution in [1.82, 2.24) is 0 Å². The summed E-state index contributed by atoms with van der Waals surface area (Å²) in [4.78, 5) is 0. The van der Waals surface area contributed by atoms with Gasteiger partial charge in [-0.2, -0.15) is 4.39 Å². The van der Waals surface area contributed by atoms with Gasteiger partial charge in [-0.25, -0.2) is 4.39 Å². The van der Waals surface area contributed by atoms with E-state index < -0.39 is 11.6 Å². The molecule has 0 atom stereocenters. The lowest BCUT2D eigenvalue weighted by Crippen LogP contribution is -2.13. The molecule has 0 N–H and O–H groups in total. The second kappa shape index (κ2) is 12.8. The molecule has 0 heterocycles. The predicted octanol–water partition coefficient (Wildman–Crippen LogP) is 7.66. The molecule has 0 spiro atoms. The molecule has 1 aliphatic rings. The fourth-order valence-corrected chi connectivity index (χ4v) is 3.91. The van der Waals surface area contributed by atoms with Crippen LogP contribution in [0.4, 0.5) is 8.78 Å². The van der Waals surface area contributed by atoms with E-state index in [-0.39, 0.29) is 11.3 Å². The molecule has 1 saturated carbocycles. The summed E-state index contributed by atoms with van der Waals surface area (Å²) in [6.45, 7) is 4.75. The number of ether oxygens (including phenoxy) is 1. The zero-order chi connectivity index (χ0) is 20.2. The molecule has 1 nitrogen and oxygen atoms in total. The Kier molecular flexibility index (Phi) is 10.4. The first kappa shape index (κ1) is 22.7. The molecule has 0 bridgehead atoms. The maximum atomic E-state index is 14.3. The van der Waals surface area contributed by atoms with Crippen LogP contribution in [0.25, 0.3) is 0 Å². The number of halogens is 2. The monoisotopic (exact) mass is 390 g/mol. The molecule has 156 valence electrons. The molecule has 0 aliphatic heterocycles. The van der Waals surface area contributed by atoms with Crippen LogP contribution in [0.1, 0.15) is 96.5 Å². The summed E-state index contributed by atoms with van der Waals surface area (Å²) in [5.41, 5.74) is 0.139. The Hall–Kier alpha value is -1.56. The third-order valence-corrected chi connectivity index (χ3v) is 5.78. The predicted molar refractivity (Wildman–Crippen MR) is 112 cm³/mol. The molecule has 0 saturated heterocycles. The van der Waals surface area contributed by atoms with E-state index in [4.69, 9.17) is 4.74 Å². The molecule has 1 fully saturated rings. The van der Waals surface area contributed by atoms with Crippen molar-refractivity contribution in [3.8, 4) is 17.6 Å². The Morgan fingerprint density at radius 1 is 0.893 bits per heavy atom. The quantitative estimate of drug-likeness (QED) is 0.294. The average molecular weight is 391 g/mol. The summed E-state index contributed by atoms with van der Waals surface area (Å²) in [5, 5.41) is 0. The van der Waals surface area contributed by atoms with Crippen molar-refractivity contribution in [3.63, 3.8) is 0 Å². The first-order chi connectivity index (χ1) is 13.7. The lowest BCUT2D eigenvalue weighted by molar-refractivity contribution is 0.286. The number of hydrogen-bond acceptors (Lipinski definition) is 1. The summed E-state index contributed by atoms with van der Waals surface area (Å²) in [6, 6.07) is 3.04. The standard InChI is InChI=1S/C25H36F2O/c1-3-5-7-8-10-20-11-13-21(14-12-20)15-16-22-17-18-23(25(27)24(22)26)28-19-9-6-4-2/h17-18,20-21H,3-14,19H2,1-2H3/t20-,21-. The summed E-state index contributed by atoms with van der Waals surface area (Å²) in [7, 11) is 0. The lowest BCUT2D eigenvalue weighted by Gasteiger charge is -2.25. The van der Waals surface area contributed by atoms with Crippen LogP contribution in [0.15, 0.2) is 12.1 Å². The van der Waals surface area contributed by atoms with E-state index in [1.807, 2.05) is 0 Å². The van der Waals surface area contributed by atoms with Gasteiger partial charge in [0, 0.05) is 5.92 Å². The highest BCUT2D eigenvalue weighted by Gasteiger charge is 2.20. The van der Waals surface area contributed by atoms with E-state index in [0.717, 1.165) is 38.0 Å². The third-order valence-electron chi connectivity index (χ3n) is 5.78. The third kappa shape index (κ3) is 7.46. The largest absolute Gasteiger partial charge is 0.490 e. The first-order valence-corrected chi connectivity index (χ1v) is 11.3. The molecule has 0 radical (unpaired) electrons. The molecule has 1 aromatic rings. The zero-order valence-corrected chi connectivity index (χ0v) is 17.7. The lowest BCUT2D eigenvalue weighted by atomic mass is 9.80. The molecule has 2 rings (SSSR count). The summed E-state index contributed by atoms with van der Waals surface area (Å²) >= 11 is 0. The first-order valence-electron chi connectivity index (χ1n) is 11.3. The Morgan fingerprint density at radius 3 is 2.32 bits per heavy atom. The van der Waals surface area contributed by atoms with E-state index in [1.165, 1.54) is 51.0 Å². The second-order valence-electron chi connectivity index (χ2n) is 8.13. The maximum Gasteiger partial charge on any atom is 0.201 e. The van der Waals surface area contributed by atoms with Crippen molar-refractivity contribution in [2.75, 3.05) is 6.61 Å². The van der Waals surface area contributed by atoms with Crippen molar-refractivity contribution in [2.45, 2.75) is 90.9 Å². The van der Waals surface area contributed by atoms with Crippen molar-refractivity contribution >= 4 is 0 Å². The fourth-order valence-electron chi connectivity index (χ4n) is 3.91. The fraction of sp³-hybridized carbons (Fsp3) is 0.680. The van der Waals surface area contributed by atoms with Crippen LogP contribution < -0.4 is 4.74 Å². The van der Waals surface area contributed by atoms with E-state index >= 15 is 0 Å². The van der Waals surface area contributed by atoms with Crippen LogP contribution in [0, 0.1) is 35.3 Å². The van der Waals surface area contributed by atoms with Gasteiger partial charge in [0.25, 0.3) is 0 Å². The normalized spacial score (nSPS) is 19.1. The maximum absolute atomic E-state index is 14.3. The van der Waals surface area contributed by atoms with E-state index in [0.29, 0.717) is 12.5 Å². The molecule has 3 heteroatoms. The van der Waals surface area contributed by atoms with Crippen molar-refractivity contribution in [2.24, 2.45) is 11.8 Å². The molecule has 0 aromatic heterocycles. The number of benzene rings is 1. The highest BCUT2D eigenvalue weighted by molar-refractivity contribution is 5.41. The Morgan fingerprint density at radius 2 is 1.61 bits per heavy atom. The summed E-state index contributed by atoms with van der Waals surface area (Å²) in [5.74, 6) is 5.39. The van der Waals surface area contributed by atoms with Crippen molar-refractivity contribution in [3.05, 3.63) is 29.3 Å². The van der Waals surface area contributed by atoms with E-state index in [9.17, 15) is 8.78 Å². The van der Waals surface area contributed by atoms with E-state index in [2.05, 4.69) is 25.7 Å². The minimum atomic E-state index is -0.918. The van der Waals surface area contributed by atoms with Gasteiger partial charge in [0.2, 0.25) is 5.82 Å². The van der Waals surface area contributed by atoms with Gasteiger partial charge < -0.3 is 4.74 Å². The number of unbranched alkanes of at least 4 members (excludes halogenated alkanes) is 5. The molecule has 0 unspecified atom stereocenters. The Balaban J connectivity index is 1.83. The van der Waals surface area contributed by atoms with Crippen LogP contribution in [0.3, 0.4) is 0 Å². The molecule has 1 aromatic carbocycles. The van der Waals surface area contributed by atoms with Gasteiger partial charge in [-0.05, 0) is 50.2 Å². The minimum absolute atomic E-state index is 0.0114. The summed E-state index contributed by atoms with van der Waals surface area (Å²) < 4.78 is 33.9. The van der Waals surface area contributed by atoms with Gasteiger partial charge >= 0.3 is 0 Å². The average Bonchev–Trinajstić information content (AvgIpc) is 2.72. The number of rotatable bonds is 10. The highest BCUT2D eigenvalue weighted by atomic mass is 19.2. The molecular weight excluding hydrogens is 354 g/mol. The minimum Gasteiger partial charge on any atom is -0.490 e. The van der Waals surface area contributed by atoms with Crippen LogP contribution in [0.5, 0.6) is 5.75 Å². The highest BCUT2D eigenvalue weighted by Crippen LogP contribution is 2.32. The molecular formula is C25H36F2O. The molecule has 1 aliphatic carbocycles. The second-order valence-corrected chi connectivity index (χ2v) is 8.13. The Labute approximate surface area is 170 Å². The van der Waals surface area contributed by atoms with Crippen LogP contribution in [-0.4, -0.2) is 6.61 Å². The SMILES string of the molecule is CCCCCC[C@H]1CC[C@H](C#Cc2ccc(OCCCCC)c(F)c2F)CC1. The molecule has 28 heavy (non-hydrogen) atoms. The van der Waals surface area contributed by atoms with Gasteiger partial charge in [0.1, 0.15) is 0 Å². The van der Waals surface area contributed by atoms with E-state index in [1.54, 1.807) is 6.07 Å². The number of hydrogen-bond donors (Lipinski definition) is 0. The van der Waals surface area contributed by atoms with Gasteiger partial charge in [-0.15, -0.1) is 0 Å². The van der Waals surface area contributed by atoms with Gasteiger partial charge in [0.05, 0.1) is 12.2 Å². The molecule has 0 amide bonds. The van der Waals surface area contributed by atoms with Crippen molar-refractivity contribution < 1.29 is 13.5 Å². The van der Waals surface area contributed by atoms with Crippen LogP contribution in [0.2, 0.25) is 0 Å². The van der Waals surface area contributed by atoms with Crippen molar-refractivity contribution in [1.29, 1.82) is 0 Å². The van der Waals surface area contributed by atoms with Crippen LogP contribution >= 0.6 is 0 Å². The Bertz CT molecular complexity index is 636. The van der Waals surface area contributed by atoms with Crippen LogP contribution in [-0.2, 0) is 0 Å². The smallest absolute Gasteiger partial charge is 0.201 e. The van der Waals surface area contributed by atoms with Gasteiger partial charge in [-0.1, -0.05) is 70.6 Å². The topological polar surface area (TPSA) is 9.23 Å².